The molecule has 1 aromatic rings. The average Bonchev–Trinajstić information content (AvgIpc) is 2.18. The van der Waals surface area contributed by atoms with Crippen LogP contribution in [0.15, 0.2) is 16.7 Å². The van der Waals surface area contributed by atoms with Gasteiger partial charge in [-0.1, -0.05) is 0 Å². The normalized spacial score (nSPS) is 12.0. The minimum Gasteiger partial charge on any atom is -0.448 e. The van der Waals surface area contributed by atoms with Crippen molar-refractivity contribution in [1.29, 1.82) is 0 Å². The summed E-state index contributed by atoms with van der Waals surface area (Å²) in [5.74, 6) is -0.744. The quantitative estimate of drug-likeness (QED) is 0.800. The van der Waals surface area contributed by atoms with Crippen molar-refractivity contribution in [3.05, 3.63) is 28.0 Å². The number of hydrogen-bond donors (Lipinski definition) is 0. The van der Waals surface area contributed by atoms with E-state index in [-0.39, 0.29) is 5.78 Å². The Hall–Kier alpha value is -1.23. The Balaban J connectivity index is 3.06. The summed E-state index contributed by atoms with van der Waals surface area (Å²) in [5, 5.41) is 0. The topological polar surface area (TPSA) is 56.3 Å². The maximum Gasteiger partial charge on any atom is 0.303 e. The summed E-state index contributed by atoms with van der Waals surface area (Å²) in [4.78, 5) is 26.3. The third kappa shape index (κ3) is 3.13. The highest BCUT2D eigenvalue weighted by atomic mass is 79.9. The average molecular weight is 286 g/mol. The highest BCUT2D eigenvalue weighted by Crippen LogP contribution is 2.21. The summed E-state index contributed by atoms with van der Waals surface area (Å²) in [6.07, 6.45) is 0.675. The fourth-order valence-electron chi connectivity index (χ4n) is 1.22. The van der Waals surface area contributed by atoms with Crippen molar-refractivity contribution in [3.8, 4) is 0 Å². The molecule has 0 aliphatic carbocycles. The van der Waals surface area contributed by atoms with Gasteiger partial charge < -0.3 is 4.74 Å². The summed E-state index contributed by atoms with van der Waals surface area (Å²) in [5.41, 5.74) is 1.38. The largest absolute Gasteiger partial charge is 0.448 e. The summed E-state index contributed by atoms with van der Waals surface area (Å²) in [6.45, 7) is 4.51. The van der Waals surface area contributed by atoms with Gasteiger partial charge in [0.15, 0.2) is 5.78 Å². The van der Waals surface area contributed by atoms with Crippen molar-refractivity contribution in [2.75, 3.05) is 0 Å². The lowest BCUT2D eigenvalue weighted by molar-refractivity contribution is -0.153. The molecule has 0 saturated carbocycles. The summed E-state index contributed by atoms with van der Waals surface area (Å²) >= 11 is 3.31. The van der Waals surface area contributed by atoms with Gasteiger partial charge in [0.25, 0.3) is 0 Å². The number of aryl methyl sites for hydroxylation is 1. The molecule has 0 aliphatic rings. The minimum absolute atomic E-state index is 0.246. The fraction of sp³-hybridized carbons (Fsp3) is 0.364. The van der Waals surface area contributed by atoms with Gasteiger partial charge in [-0.3, -0.25) is 14.6 Å². The molecule has 1 rings (SSSR count). The van der Waals surface area contributed by atoms with E-state index in [0.717, 1.165) is 10.0 Å². The molecule has 16 heavy (non-hydrogen) atoms. The molecule has 1 unspecified atom stereocenters. The molecule has 0 aromatic carbocycles. The molecule has 5 heteroatoms. The molecule has 86 valence electrons. The van der Waals surface area contributed by atoms with Gasteiger partial charge in [0.2, 0.25) is 6.10 Å². The summed E-state index contributed by atoms with van der Waals surface area (Å²) < 4.78 is 5.77. The molecule has 4 nitrogen and oxygen atoms in total. The molecule has 0 bridgehead atoms. The van der Waals surface area contributed by atoms with Crippen LogP contribution < -0.4 is 0 Å². The molecular weight excluding hydrogens is 274 g/mol. The zero-order valence-corrected chi connectivity index (χ0v) is 10.9. The first kappa shape index (κ1) is 12.8. The van der Waals surface area contributed by atoms with Crippen LogP contribution in [-0.4, -0.2) is 16.7 Å². The molecule has 1 heterocycles. The van der Waals surface area contributed by atoms with E-state index in [4.69, 9.17) is 4.74 Å². The summed E-state index contributed by atoms with van der Waals surface area (Å²) in [6, 6.07) is 1.72. The van der Waals surface area contributed by atoms with Gasteiger partial charge in [0, 0.05) is 17.6 Å². The van der Waals surface area contributed by atoms with Crippen molar-refractivity contribution in [2.45, 2.75) is 26.9 Å². The highest BCUT2D eigenvalue weighted by molar-refractivity contribution is 9.10. The Morgan fingerprint density at radius 1 is 1.44 bits per heavy atom. The van der Waals surface area contributed by atoms with E-state index in [9.17, 15) is 9.59 Å². The number of pyridine rings is 1. The zero-order chi connectivity index (χ0) is 12.3. The molecule has 0 amide bonds. The molecular formula is C11H12BrNO3. The SMILES string of the molecule is CC(=O)OC(C(C)=O)c1cc(C)c(Br)cn1. The second kappa shape index (κ2) is 5.21. The van der Waals surface area contributed by atoms with E-state index >= 15 is 0 Å². The highest BCUT2D eigenvalue weighted by Gasteiger charge is 2.21. The van der Waals surface area contributed by atoms with Crippen molar-refractivity contribution in [1.82, 2.24) is 4.98 Å². The fourth-order valence-corrected chi connectivity index (χ4v) is 1.44. The number of ether oxygens (including phenoxy) is 1. The van der Waals surface area contributed by atoms with E-state index in [2.05, 4.69) is 20.9 Å². The molecule has 0 saturated heterocycles. The number of hydrogen-bond acceptors (Lipinski definition) is 4. The van der Waals surface area contributed by atoms with Crippen LogP contribution in [0.1, 0.15) is 31.2 Å². The van der Waals surface area contributed by atoms with Crippen LogP contribution in [-0.2, 0) is 14.3 Å². The van der Waals surface area contributed by atoms with Gasteiger partial charge in [0.05, 0.1) is 5.69 Å². The first-order valence-electron chi connectivity index (χ1n) is 4.71. The lowest BCUT2D eigenvalue weighted by atomic mass is 10.1. The van der Waals surface area contributed by atoms with Gasteiger partial charge in [-0.15, -0.1) is 0 Å². The third-order valence-electron chi connectivity index (χ3n) is 1.99. The molecule has 0 spiro atoms. The van der Waals surface area contributed by atoms with Crippen LogP contribution in [0.3, 0.4) is 0 Å². The Kier molecular flexibility index (Phi) is 4.18. The Morgan fingerprint density at radius 2 is 2.06 bits per heavy atom. The second-order valence-electron chi connectivity index (χ2n) is 3.46. The first-order valence-corrected chi connectivity index (χ1v) is 5.51. The zero-order valence-electron chi connectivity index (χ0n) is 9.28. The maximum atomic E-state index is 11.3. The minimum atomic E-state index is -0.913. The van der Waals surface area contributed by atoms with E-state index in [0.29, 0.717) is 5.69 Å². The number of aromatic nitrogens is 1. The van der Waals surface area contributed by atoms with E-state index < -0.39 is 12.1 Å². The number of carbonyl (C=O) groups is 2. The number of ketones is 1. The van der Waals surface area contributed by atoms with Crippen molar-refractivity contribution in [3.63, 3.8) is 0 Å². The van der Waals surface area contributed by atoms with E-state index in [1.807, 2.05) is 6.92 Å². The van der Waals surface area contributed by atoms with Gasteiger partial charge >= 0.3 is 5.97 Å². The van der Waals surface area contributed by atoms with Crippen LogP contribution in [0.25, 0.3) is 0 Å². The first-order chi connectivity index (χ1) is 7.41. The van der Waals surface area contributed by atoms with Crippen molar-refractivity contribution >= 4 is 27.7 Å². The smallest absolute Gasteiger partial charge is 0.303 e. The second-order valence-corrected chi connectivity index (χ2v) is 4.31. The number of halogens is 1. The van der Waals surface area contributed by atoms with Gasteiger partial charge in [-0.25, -0.2) is 0 Å². The van der Waals surface area contributed by atoms with Crippen LogP contribution in [0.4, 0.5) is 0 Å². The molecule has 0 fully saturated rings. The Labute approximate surface area is 102 Å². The van der Waals surface area contributed by atoms with Gasteiger partial charge in [0.1, 0.15) is 0 Å². The lowest BCUT2D eigenvalue weighted by Gasteiger charge is -2.14. The number of esters is 1. The summed E-state index contributed by atoms with van der Waals surface area (Å²) in [7, 11) is 0. The Morgan fingerprint density at radius 3 is 2.50 bits per heavy atom. The predicted molar refractivity (Wildman–Crippen MR) is 61.9 cm³/mol. The molecule has 0 N–H and O–H groups in total. The molecule has 1 atom stereocenters. The van der Waals surface area contributed by atoms with Crippen LogP contribution >= 0.6 is 15.9 Å². The standard InChI is InChI=1S/C11H12BrNO3/c1-6-4-10(13-5-9(6)12)11(7(2)14)16-8(3)15/h4-5,11H,1-3H3. The molecule has 0 radical (unpaired) electrons. The monoisotopic (exact) mass is 285 g/mol. The van der Waals surface area contributed by atoms with Gasteiger partial charge in [-0.05, 0) is 41.4 Å². The van der Waals surface area contributed by atoms with Crippen LogP contribution in [0.5, 0.6) is 0 Å². The van der Waals surface area contributed by atoms with Crippen molar-refractivity contribution < 1.29 is 14.3 Å². The molecule has 0 aliphatic heterocycles. The van der Waals surface area contributed by atoms with Crippen LogP contribution in [0, 0.1) is 6.92 Å². The number of rotatable bonds is 3. The lowest BCUT2D eigenvalue weighted by Crippen LogP contribution is -2.17. The van der Waals surface area contributed by atoms with E-state index in [1.165, 1.54) is 13.8 Å². The number of Topliss-reactive ketones (excluding diaryl/α,β-unsaturated/α-hetero) is 1. The van der Waals surface area contributed by atoms with Crippen molar-refractivity contribution in [2.24, 2.45) is 0 Å². The molecule has 1 aromatic heterocycles. The number of nitrogens with zero attached hydrogens (tertiary/aromatic N) is 1. The maximum absolute atomic E-state index is 11.3. The number of carbonyl (C=O) groups excluding carboxylic acids is 2. The van der Waals surface area contributed by atoms with Gasteiger partial charge in [-0.2, -0.15) is 0 Å². The Bertz CT molecular complexity index is 431. The van der Waals surface area contributed by atoms with E-state index in [1.54, 1.807) is 12.3 Å². The van der Waals surface area contributed by atoms with Crippen LogP contribution in [0.2, 0.25) is 0 Å². The third-order valence-corrected chi connectivity index (χ3v) is 2.82. The predicted octanol–water partition coefficient (Wildman–Crippen LogP) is 2.35.